The van der Waals surface area contributed by atoms with E-state index in [2.05, 4.69) is 36.2 Å². The third-order valence-electron chi connectivity index (χ3n) is 4.94. The zero-order valence-electron chi connectivity index (χ0n) is 16.3. The van der Waals surface area contributed by atoms with Gasteiger partial charge in [0, 0.05) is 11.1 Å². The normalized spacial score (nSPS) is 13.1. The van der Waals surface area contributed by atoms with Crippen LogP contribution in [0.4, 0.5) is 0 Å². The van der Waals surface area contributed by atoms with Crippen LogP contribution in [-0.2, 0) is 0 Å². The second kappa shape index (κ2) is 7.69. The zero-order valence-corrected chi connectivity index (χ0v) is 16.3. The van der Waals surface area contributed by atoms with E-state index in [4.69, 9.17) is 14.5 Å². The van der Waals surface area contributed by atoms with Crippen molar-refractivity contribution in [3.05, 3.63) is 83.4 Å². The Morgan fingerprint density at radius 1 is 0.750 bits per heavy atom. The number of para-hydroxylation sites is 1. The monoisotopic (exact) mass is 370 g/mol. The summed E-state index contributed by atoms with van der Waals surface area (Å²) in [6, 6.07) is 22.3. The van der Waals surface area contributed by atoms with Crippen LogP contribution in [0.1, 0.15) is 16.7 Å². The number of nitrogens with zero attached hydrogens (tertiary/aromatic N) is 2. The molecule has 3 aromatic carbocycles. The van der Waals surface area contributed by atoms with Gasteiger partial charge in [-0.15, -0.1) is 0 Å². The van der Waals surface area contributed by atoms with Crippen molar-refractivity contribution in [1.82, 2.24) is 0 Å². The first-order chi connectivity index (χ1) is 13.7. The van der Waals surface area contributed by atoms with E-state index in [9.17, 15) is 0 Å². The Bertz CT molecular complexity index is 1080. The maximum Gasteiger partial charge on any atom is 0.159 e. The molecule has 0 atom stereocenters. The van der Waals surface area contributed by atoms with E-state index in [1.807, 2.05) is 42.5 Å². The molecule has 0 aromatic heterocycles. The van der Waals surface area contributed by atoms with Crippen LogP contribution in [0.25, 0.3) is 11.1 Å². The van der Waals surface area contributed by atoms with Crippen molar-refractivity contribution in [3.63, 3.8) is 0 Å². The van der Waals surface area contributed by atoms with E-state index in [1.165, 1.54) is 11.1 Å². The van der Waals surface area contributed by atoms with Crippen molar-refractivity contribution in [2.24, 2.45) is 9.98 Å². The summed E-state index contributed by atoms with van der Waals surface area (Å²) >= 11 is 0. The first-order valence-corrected chi connectivity index (χ1v) is 9.21. The van der Waals surface area contributed by atoms with Gasteiger partial charge in [-0.05, 0) is 42.3 Å². The molecule has 1 heterocycles. The van der Waals surface area contributed by atoms with E-state index >= 15 is 0 Å². The van der Waals surface area contributed by atoms with Gasteiger partial charge in [0.2, 0.25) is 0 Å². The number of hydrogen-bond donors (Lipinski definition) is 0. The predicted molar refractivity (Wildman–Crippen MR) is 114 cm³/mol. The minimum Gasteiger partial charge on any atom is -0.496 e. The molecule has 0 bridgehead atoms. The number of aliphatic imine (C=N–C) groups is 2. The number of hydrogen-bond acceptors (Lipinski definition) is 4. The molecule has 0 spiro atoms. The van der Waals surface area contributed by atoms with Crippen LogP contribution in [0.3, 0.4) is 0 Å². The molecule has 28 heavy (non-hydrogen) atoms. The Labute approximate surface area is 165 Å². The number of methoxy groups -OCH3 is 2. The van der Waals surface area contributed by atoms with Crippen molar-refractivity contribution in [3.8, 4) is 22.6 Å². The number of rotatable bonds is 5. The average Bonchev–Trinajstić information content (AvgIpc) is 3.24. The highest BCUT2D eigenvalue weighted by molar-refractivity contribution is 6.18. The van der Waals surface area contributed by atoms with Gasteiger partial charge in [-0.25, -0.2) is 4.99 Å². The standard InChI is InChI=1S/C24H22N2O2/c1-16-8-4-5-9-18(16)19-13-12-17(14-23(19)28-3)21-15-25-24(26-21)20-10-6-7-11-22(20)27-2/h4-14H,15H2,1-3H3. The summed E-state index contributed by atoms with van der Waals surface area (Å²) < 4.78 is 11.1. The van der Waals surface area contributed by atoms with Gasteiger partial charge in [0.15, 0.2) is 5.84 Å². The van der Waals surface area contributed by atoms with Gasteiger partial charge >= 0.3 is 0 Å². The van der Waals surface area contributed by atoms with Crippen molar-refractivity contribution in [2.75, 3.05) is 20.8 Å². The van der Waals surface area contributed by atoms with E-state index in [-0.39, 0.29) is 0 Å². The smallest absolute Gasteiger partial charge is 0.159 e. The lowest BCUT2D eigenvalue weighted by Crippen LogP contribution is -2.03. The van der Waals surface area contributed by atoms with Gasteiger partial charge in [0.05, 0.1) is 32.0 Å². The highest BCUT2D eigenvalue weighted by atomic mass is 16.5. The Morgan fingerprint density at radius 2 is 1.46 bits per heavy atom. The topological polar surface area (TPSA) is 43.2 Å². The third-order valence-corrected chi connectivity index (χ3v) is 4.94. The van der Waals surface area contributed by atoms with E-state index < -0.39 is 0 Å². The molecule has 1 aliphatic heterocycles. The lowest BCUT2D eigenvalue weighted by Gasteiger charge is -2.13. The molecule has 4 rings (SSSR count). The van der Waals surface area contributed by atoms with Crippen LogP contribution >= 0.6 is 0 Å². The van der Waals surface area contributed by atoms with Gasteiger partial charge in [-0.2, -0.15) is 0 Å². The van der Waals surface area contributed by atoms with Crippen LogP contribution < -0.4 is 9.47 Å². The van der Waals surface area contributed by atoms with E-state index in [0.29, 0.717) is 12.4 Å². The first kappa shape index (κ1) is 18.0. The number of benzene rings is 3. The molecular weight excluding hydrogens is 348 g/mol. The van der Waals surface area contributed by atoms with Gasteiger partial charge in [0.1, 0.15) is 11.5 Å². The lowest BCUT2D eigenvalue weighted by molar-refractivity contribution is 0.414. The van der Waals surface area contributed by atoms with E-state index in [0.717, 1.165) is 33.9 Å². The molecule has 0 N–H and O–H groups in total. The quantitative estimate of drug-likeness (QED) is 0.639. The summed E-state index contributed by atoms with van der Waals surface area (Å²) in [7, 11) is 3.36. The molecule has 0 unspecified atom stereocenters. The summed E-state index contributed by atoms with van der Waals surface area (Å²) in [5.41, 5.74) is 6.31. The first-order valence-electron chi connectivity index (χ1n) is 9.21. The minimum atomic E-state index is 0.542. The Morgan fingerprint density at radius 3 is 2.21 bits per heavy atom. The fourth-order valence-electron chi connectivity index (χ4n) is 3.45. The fourth-order valence-corrected chi connectivity index (χ4v) is 3.45. The summed E-state index contributed by atoms with van der Waals surface area (Å²) in [4.78, 5) is 9.38. The van der Waals surface area contributed by atoms with Crippen LogP contribution in [0.2, 0.25) is 0 Å². The number of amidine groups is 1. The van der Waals surface area contributed by atoms with Crippen molar-refractivity contribution in [1.29, 1.82) is 0 Å². The molecule has 0 radical (unpaired) electrons. The van der Waals surface area contributed by atoms with Crippen molar-refractivity contribution in [2.45, 2.75) is 6.92 Å². The Balaban J connectivity index is 1.69. The van der Waals surface area contributed by atoms with Gasteiger partial charge in [-0.3, -0.25) is 4.99 Å². The molecule has 0 saturated carbocycles. The molecule has 0 saturated heterocycles. The van der Waals surface area contributed by atoms with E-state index in [1.54, 1.807) is 14.2 Å². The van der Waals surface area contributed by atoms with Crippen LogP contribution in [0, 0.1) is 6.92 Å². The fraction of sp³-hybridized carbons (Fsp3) is 0.167. The summed E-state index contributed by atoms with van der Waals surface area (Å²) in [5, 5.41) is 0. The summed E-state index contributed by atoms with van der Waals surface area (Å²) in [5.74, 6) is 2.31. The summed E-state index contributed by atoms with van der Waals surface area (Å²) in [6.07, 6.45) is 0. The maximum atomic E-state index is 5.69. The van der Waals surface area contributed by atoms with Gasteiger partial charge < -0.3 is 9.47 Å². The highest BCUT2D eigenvalue weighted by Crippen LogP contribution is 2.33. The molecule has 3 aromatic rings. The lowest BCUT2D eigenvalue weighted by atomic mass is 9.97. The third kappa shape index (κ3) is 3.29. The molecule has 0 aliphatic carbocycles. The van der Waals surface area contributed by atoms with Crippen molar-refractivity contribution < 1.29 is 9.47 Å². The van der Waals surface area contributed by atoms with Gasteiger partial charge in [-0.1, -0.05) is 42.5 Å². The molecule has 4 nitrogen and oxygen atoms in total. The largest absolute Gasteiger partial charge is 0.496 e. The predicted octanol–water partition coefficient (Wildman–Crippen LogP) is 4.93. The zero-order chi connectivity index (χ0) is 19.5. The van der Waals surface area contributed by atoms with Crippen LogP contribution in [0.15, 0.2) is 76.7 Å². The SMILES string of the molecule is COc1ccccc1C1=NCC(c2ccc(-c3ccccc3C)c(OC)c2)=N1. The maximum absolute atomic E-state index is 5.69. The molecule has 1 aliphatic rings. The summed E-state index contributed by atoms with van der Waals surface area (Å²) in [6.45, 7) is 2.65. The average molecular weight is 370 g/mol. The molecule has 140 valence electrons. The van der Waals surface area contributed by atoms with Crippen LogP contribution in [0.5, 0.6) is 11.5 Å². The molecule has 0 amide bonds. The number of ether oxygens (including phenoxy) is 2. The van der Waals surface area contributed by atoms with Crippen LogP contribution in [-0.4, -0.2) is 32.3 Å². The molecular formula is C24H22N2O2. The minimum absolute atomic E-state index is 0.542. The Hall–Kier alpha value is -3.40. The second-order valence-corrected chi connectivity index (χ2v) is 6.63. The second-order valence-electron chi connectivity index (χ2n) is 6.63. The van der Waals surface area contributed by atoms with Crippen molar-refractivity contribution >= 4 is 11.5 Å². The highest BCUT2D eigenvalue weighted by Gasteiger charge is 2.18. The van der Waals surface area contributed by atoms with Gasteiger partial charge in [0.25, 0.3) is 0 Å². The molecule has 4 heteroatoms. The number of aryl methyl sites for hydroxylation is 1. The molecule has 0 fully saturated rings. The Kier molecular flexibility index (Phi) is 4.94.